The van der Waals surface area contributed by atoms with Crippen LogP contribution in [0.5, 0.6) is 0 Å². The van der Waals surface area contributed by atoms with Crippen molar-refractivity contribution in [2.24, 2.45) is 0 Å². The van der Waals surface area contributed by atoms with Crippen molar-refractivity contribution in [2.75, 3.05) is 21.5 Å². The smallest absolute Gasteiger partial charge is 0.264 e. The Balaban J connectivity index is 1.74. The molecule has 0 spiro atoms. The highest BCUT2D eigenvalue weighted by Crippen LogP contribution is 2.18. The number of hydrogen-bond donors (Lipinski definition) is 4. The van der Waals surface area contributed by atoms with E-state index in [1.54, 1.807) is 12.1 Å². The molecule has 1 heterocycles. The Labute approximate surface area is 155 Å². The third-order valence-electron chi connectivity index (χ3n) is 3.45. The molecule has 1 aromatic heterocycles. The number of sulfonamides is 1. The summed E-state index contributed by atoms with van der Waals surface area (Å²) in [5.74, 6) is -0.449. The number of nitrogens with one attached hydrogen (secondary N) is 2. The van der Waals surface area contributed by atoms with Crippen LogP contribution < -0.4 is 21.5 Å². The van der Waals surface area contributed by atoms with E-state index in [2.05, 4.69) is 20.0 Å². The maximum absolute atomic E-state index is 12.3. The maximum atomic E-state index is 12.3. The predicted molar refractivity (Wildman–Crippen MR) is 103 cm³/mol. The second-order valence-corrected chi connectivity index (χ2v) is 7.23. The first-order valence-electron chi connectivity index (χ1n) is 7.71. The van der Waals surface area contributed by atoms with Gasteiger partial charge in [-0.15, -0.1) is 0 Å². The minimum absolute atomic E-state index is 0.00107. The van der Waals surface area contributed by atoms with Crippen molar-refractivity contribution in [1.29, 1.82) is 0 Å². The second kappa shape index (κ2) is 7.30. The first kappa shape index (κ1) is 18.1. The molecule has 0 bridgehead atoms. The van der Waals surface area contributed by atoms with E-state index in [0.29, 0.717) is 22.6 Å². The molecule has 9 nitrogen and oxygen atoms in total. The van der Waals surface area contributed by atoms with Gasteiger partial charge in [-0.1, -0.05) is 0 Å². The number of nitrogens with zero attached hydrogens (tertiary/aromatic N) is 2. The Morgan fingerprint density at radius 1 is 0.926 bits per heavy atom. The normalized spacial score (nSPS) is 11.0. The molecule has 0 radical (unpaired) electrons. The molecule has 1 amide bonds. The molecule has 0 saturated heterocycles. The van der Waals surface area contributed by atoms with Crippen molar-refractivity contribution in [3.63, 3.8) is 0 Å². The maximum Gasteiger partial charge on any atom is 0.264 e. The summed E-state index contributed by atoms with van der Waals surface area (Å²) in [5.41, 5.74) is 12.8. The monoisotopic (exact) mass is 384 g/mol. The molecule has 0 unspecified atom stereocenters. The second-order valence-electron chi connectivity index (χ2n) is 5.54. The van der Waals surface area contributed by atoms with Gasteiger partial charge in [0.25, 0.3) is 15.9 Å². The van der Waals surface area contributed by atoms with E-state index in [9.17, 15) is 13.2 Å². The summed E-state index contributed by atoms with van der Waals surface area (Å²) in [5, 5.41) is 2.65. The number of carbonyl (C=O) groups is 1. The average molecular weight is 384 g/mol. The number of aromatic nitrogens is 2. The lowest BCUT2D eigenvalue weighted by Gasteiger charge is -2.09. The first-order chi connectivity index (χ1) is 12.8. The molecule has 3 aromatic rings. The van der Waals surface area contributed by atoms with Gasteiger partial charge in [-0.05, 0) is 48.5 Å². The minimum Gasteiger partial charge on any atom is -0.399 e. The van der Waals surface area contributed by atoms with Gasteiger partial charge in [0.15, 0.2) is 0 Å². The zero-order valence-electron chi connectivity index (χ0n) is 14.0. The third-order valence-corrected chi connectivity index (χ3v) is 4.80. The topological polar surface area (TPSA) is 153 Å². The predicted octanol–water partition coefficient (Wildman–Crippen LogP) is 1.69. The zero-order valence-corrected chi connectivity index (χ0v) is 14.8. The van der Waals surface area contributed by atoms with Crippen molar-refractivity contribution >= 4 is 38.9 Å². The highest BCUT2D eigenvalue weighted by Gasteiger charge is 2.16. The largest absolute Gasteiger partial charge is 0.399 e. The molecule has 0 fully saturated rings. The summed E-state index contributed by atoms with van der Waals surface area (Å²) in [6, 6.07) is 11.7. The van der Waals surface area contributed by atoms with E-state index in [-0.39, 0.29) is 10.8 Å². The standard InChI is InChI=1S/C17H16N6O3S/c18-12-8-11(9-13(19)10-12)16(24)22-14-2-4-15(5-3-14)27(25,26)23-17-20-6-1-7-21-17/h1-10H,18-19H2,(H,22,24)(H,20,21,23). The molecule has 0 atom stereocenters. The van der Waals surface area contributed by atoms with Crippen LogP contribution in [0.4, 0.5) is 23.0 Å². The summed E-state index contributed by atoms with van der Waals surface area (Å²) in [7, 11) is -3.84. The number of nitrogens with two attached hydrogens (primary N) is 2. The Morgan fingerprint density at radius 2 is 1.52 bits per heavy atom. The number of carbonyl (C=O) groups excluding carboxylic acids is 1. The Kier molecular flexibility index (Phi) is 4.90. The molecule has 138 valence electrons. The fourth-order valence-corrected chi connectivity index (χ4v) is 3.22. The van der Waals surface area contributed by atoms with Crippen LogP contribution in [0.2, 0.25) is 0 Å². The molecule has 6 N–H and O–H groups in total. The summed E-state index contributed by atoms with van der Waals surface area (Å²) >= 11 is 0. The number of rotatable bonds is 5. The van der Waals surface area contributed by atoms with Gasteiger partial charge in [-0.25, -0.2) is 23.1 Å². The van der Waals surface area contributed by atoms with E-state index in [4.69, 9.17) is 11.5 Å². The van der Waals surface area contributed by atoms with E-state index >= 15 is 0 Å². The lowest BCUT2D eigenvalue weighted by Crippen LogP contribution is -2.15. The molecule has 2 aromatic carbocycles. The van der Waals surface area contributed by atoms with Crippen LogP contribution in [0.25, 0.3) is 0 Å². The van der Waals surface area contributed by atoms with E-state index in [0.717, 1.165) is 0 Å². The van der Waals surface area contributed by atoms with Crippen LogP contribution in [0, 0.1) is 0 Å². The molecular formula is C17H16N6O3S. The molecule has 0 saturated carbocycles. The summed E-state index contributed by atoms with van der Waals surface area (Å²) in [4.78, 5) is 19.9. The number of amides is 1. The highest BCUT2D eigenvalue weighted by atomic mass is 32.2. The van der Waals surface area contributed by atoms with Crippen molar-refractivity contribution in [3.8, 4) is 0 Å². The van der Waals surface area contributed by atoms with Crippen LogP contribution in [0.3, 0.4) is 0 Å². The molecule has 0 aliphatic heterocycles. The summed E-state index contributed by atoms with van der Waals surface area (Å²) < 4.78 is 26.9. The molecule has 0 aliphatic carbocycles. The molecule has 0 aliphatic rings. The van der Waals surface area contributed by atoms with Gasteiger partial charge in [0.1, 0.15) is 0 Å². The number of hydrogen-bond acceptors (Lipinski definition) is 7. The van der Waals surface area contributed by atoms with Gasteiger partial charge in [-0.2, -0.15) is 0 Å². The number of nitrogen functional groups attached to an aromatic ring is 2. The van der Waals surface area contributed by atoms with Crippen LogP contribution in [-0.4, -0.2) is 24.3 Å². The lowest BCUT2D eigenvalue weighted by atomic mass is 10.1. The number of anilines is 4. The van der Waals surface area contributed by atoms with Crippen LogP contribution in [0.1, 0.15) is 10.4 Å². The SMILES string of the molecule is Nc1cc(N)cc(C(=O)Nc2ccc(S(=O)(=O)Nc3ncccn3)cc2)c1. The van der Waals surface area contributed by atoms with Gasteiger partial charge >= 0.3 is 0 Å². The molecular weight excluding hydrogens is 368 g/mol. The van der Waals surface area contributed by atoms with Crippen molar-refractivity contribution < 1.29 is 13.2 Å². The van der Waals surface area contributed by atoms with Gasteiger partial charge in [0, 0.05) is 35.0 Å². The summed E-state index contributed by atoms with van der Waals surface area (Å²) in [6.07, 6.45) is 2.85. The first-order valence-corrected chi connectivity index (χ1v) is 9.19. The van der Waals surface area contributed by atoms with Crippen LogP contribution >= 0.6 is 0 Å². The van der Waals surface area contributed by atoms with E-state index in [1.165, 1.54) is 48.8 Å². The highest BCUT2D eigenvalue weighted by molar-refractivity contribution is 7.92. The Hall–Kier alpha value is -3.66. The molecule has 27 heavy (non-hydrogen) atoms. The van der Waals surface area contributed by atoms with Crippen LogP contribution in [0.15, 0.2) is 65.8 Å². The summed E-state index contributed by atoms with van der Waals surface area (Å²) in [6.45, 7) is 0. The van der Waals surface area contributed by atoms with Gasteiger partial charge < -0.3 is 16.8 Å². The van der Waals surface area contributed by atoms with E-state index < -0.39 is 15.9 Å². The van der Waals surface area contributed by atoms with Gasteiger partial charge in [0.05, 0.1) is 4.90 Å². The molecule has 10 heteroatoms. The zero-order chi connectivity index (χ0) is 19.4. The molecule has 3 rings (SSSR count). The van der Waals surface area contributed by atoms with Gasteiger partial charge in [-0.3, -0.25) is 4.79 Å². The third kappa shape index (κ3) is 4.50. The lowest BCUT2D eigenvalue weighted by molar-refractivity contribution is 0.102. The Morgan fingerprint density at radius 3 is 2.11 bits per heavy atom. The van der Waals surface area contributed by atoms with Crippen molar-refractivity contribution in [1.82, 2.24) is 9.97 Å². The average Bonchev–Trinajstić information content (AvgIpc) is 2.62. The number of benzene rings is 2. The fraction of sp³-hybridized carbons (Fsp3) is 0. The van der Waals surface area contributed by atoms with E-state index in [1.807, 2.05) is 0 Å². The Bertz CT molecular complexity index is 1050. The van der Waals surface area contributed by atoms with Crippen LogP contribution in [-0.2, 0) is 10.0 Å². The van der Waals surface area contributed by atoms with Gasteiger partial charge in [0.2, 0.25) is 5.95 Å². The quantitative estimate of drug-likeness (QED) is 0.488. The minimum atomic E-state index is -3.84. The van der Waals surface area contributed by atoms with Crippen molar-refractivity contribution in [3.05, 3.63) is 66.5 Å². The van der Waals surface area contributed by atoms with Crippen molar-refractivity contribution in [2.45, 2.75) is 4.90 Å². The fourth-order valence-electron chi connectivity index (χ4n) is 2.26.